The van der Waals surface area contributed by atoms with Crippen molar-refractivity contribution >= 4 is 5.78 Å². The Morgan fingerprint density at radius 3 is 2.50 bits per heavy atom. The lowest BCUT2D eigenvalue weighted by Gasteiger charge is -2.28. The smallest absolute Gasteiger partial charge is 0.161 e. The lowest BCUT2D eigenvalue weighted by atomic mass is 9.83. The summed E-state index contributed by atoms with van der Waals surface area (Å²) in [6.07, 6.45) is 7.32. The normalized spacial score (nSPS) is 19.6. The van der Waals surface area contributed by atoms with Crippen molar-refractivity contribution < 1.29 is 14.3 Å². The van der Waals surface area contributed by atoms with Crippen LogP contribution in [0.25, 0.3) is 0 Å². The first-order valence-corrected chi connectivity index (χ1v) is 6.34. The molecule has 0 aromatic heterocycles. The Morgan fingerprint density at radius 2 is 1.94 bits per heavy atom. The van der Waals surface area contributed by atoms with Crippen LogP contribution in [0.4, 0.5) is 0 Å². The molecular weight excluding hydrogens is 204 g/mol. The molecule has 1 aliphatic carbocycles. The van der Waals surface area contributed by atoms with Crippen LogP contribution in [-0.2, 0) is 14.3 Å². The summed E-state index contributed by atoms with van der Waals surface area (Å²) in [5.74, 6) is 0.709. The summed E-state index contributed by atoms with van der Waals surface area (Å²) in [6, 6.07) is 0. The molecule has 1 unspecified atom stereocenters. The van der Waals surface area contributed by atoms with Gasteiger partial charge in [0, 0.05) is 27.2 Å². The van der Waals surface area contributed by atoms with E-state index in [0.717, 1.165) is 19.3 Å². The third-order valence-electron chi connectivity index (χ3n) is 3.42. The molecule has 94 valence electrons. The fraction of sp³-hybridized carbons (Fsp3) is 0.923. The molecule has 0 heterocycles. The van der Waals surface area contributed by atoms with Crippen LogP contribution in [0.15, 0.2) is 0 Å². The number of hydrogen-bond donors (Lipinski definition) is 0. The molecule has 0 radical (unpaired) electrons. The topological polar surface area (TPSA) is 35.5 Å². The minimum absolute atomic E-state index is 0.169. The van der Waals surface area contributed by atoms with Gasteiger partial charge >= 0.3 is 0 Å². The predicted molar refractivity (Wildman–Crippen MR) is 63.5 cm³/mol. The van der Waals surface area contributed by atoms with Gasteiger partial charge in [0.15, 0.2) is 5.78 Å². The third-order valence-corrected chi connectivity index (χ3v) is 3.42. The predicted octanol–water partition coefficient (Wildman–Crippen LogP) is 2.58. The lowest BCUT2D eigenvalue weighted by Crippen LogP contribution is -2.33. The second-order valence-corrected chi connectivity index (χ2v) is 4.62. The van der Waals surface area contributed by atoms with Crippen molar-refractivity contribution in [2.45, 2.75) is 51.0 Å². The van der Waals surface area contributed by atoms with Crippen molar-refractivity contribution in [3.63, 3.8) is 0 Å². The van der Waals surface area contributed by atoms with Gasteiger partial charge in [-0.1, -0.05) is 19.3 Å². The molecule has 1 aliphatic rings. The zero-order valence-corrected chi connectivity index (χ0v) is 10.5. The van der Waals surface area contributed by atoms with Crippen molar-refractivity contribution in [2.24, 2.45) is 5.92 Å². The van der Waals surface area contributed by atoms with Crippen molar-refractivity contribution in [1.29, 1.82) is 0 Å². The summed E-state index contributed by atoms with van der Waals surface area (Å²) in [4.78, 5) is 12.0. The van der Waals surface area contributed by atoms with Crippen LogP contribution < -0.4 is 0 Å². The molecule has 0 aliphatic heterocycles. The van der Waals surface area contributed by atoms with Crippen molar-refractivity contribution in [2.75, 3.05) is 20.8 Å². The van der Waals surface area contributed by atoms with E-state index in [9.17, 15) is 4.79 Å². The summed E-state index contributed by atoms with van der Waals surface area (Å²) in [5, 5.41) is 0. The molecule has 3 nitrogen and oxygen atoms in total. The van der Waals surface area contributed by atoms with Gasteiger partial charge in [-0.3, -0.25) is 4.79 Å². The Bertz CT molecular complexity index is 197. The maximum Gasteiger partial charge on any atom is 0.161 e. The van der Waals surface area contributed by atoms with E-state index in [2.05, 4.69) is 0 Å². The van der Waals surface area contributed by atoms with E-state index in [1.807, 2.05) is 0 Å². The molecule has 0 spiro atoms. The highest BCUT2D eigenvalue weighted by atomic mass is 16.5. The van der Waals surface area contributed by atoms with Gasteiger partial charge in [0.2, 0.25) is 0 Å². The van der Waals surface area contributed by atoms with Crippen LogP contribution in [0.2, 0.25) is 0 Å². The molecule has 0 aromatic rings. The fourth-order valence-electron chi connectivity index (χ4n) is 2.56. The number of ether oxygens (including phenoxy) is 2. The van der Waals surface area contributed by atoms with Crippen LogP contribution in [-0.4, -0.2) is 32.7 Å². The molecule has 0 N–H and O–H groups in total. The van der Waals surface area contributed by atoms with E-state index in [-0.39, 0.29) is 11.9 Å². The highest BCUT2D eigenvalue weighted by Crippen LogP contribution is 2.28. The van der Waals surface area contributed by atoms with Gasteiger partial charge in [0.1, 0.15) is 6.10 Å². The van der Waals surface area contributed by atoms with Gasteiger partial charge in [-0.2, -0.15) is 0 Å². The van der Waals surface area contributed by atoms with Crippen molar-refractivity contribution in [3.8, 4) is 0 Å². The standard InChI is InChI=1S/C13H24O3/c1-15-10-6-9-12(14)13(16-2)11-7-4-3-5-8-11/h11,13H,3-10H2,1-2H3. The van der Waals surface area contributed by atoms with E-state index >= 15 is 0 Å². The van der Waals surface area contributed by atoms with E-state index in [1.165, 1.54) is 19.3 Å². The molecule has 1 atom stereocenters. The van der Waals surface area contributed by atoms with E-state index in [1.54, 1.807) is 14.2 Å². The first-order valence-electron chi connectivity index (χ1n) is 6.34. The first kappa shape index (κ1) is 13.7. The number of hydrogen-bond acceptors (Lipinski definition) is 3. The van der Waals surface area contributed by atoms with E-state index in [0.29, 0.717) is 18.9 Å². The van der Waals surface area contributed by atoms with Crippen LogP contribution in [0.5, 0.6) is 0 Å². The van der Waals surface area contributed by atoms with Crippen LogP contribution >= 0.6 is 0 Å². The van der Waals surface area contributed by atoms with Crippen LogP contribution in [0.3, 0.4) is 0 Å². The highest BCUT2D eigenvalue weighted by Gasteiger charge is 2.28. The number of rotatable bonds is 7. The van der Waals surface area contributed by atoms with Gasteiger partial charge in [0.25, 0.3) is 0 Å². The number of methoxy groups -OCH3 is 2. The van der Waals surface area contributed by atoms with Gasteiger partial charge in [-0.05, 0) is 25.2 Å². The largest absolute Gasteiger partial charge is 0.385 e. The summed E-state index contributed by atoms with van der Waals surface area (Å²) in [6.45, 7) is 0.660. The molecule has 16 heavy (non-hydrogen) atoms. The number of carbonyl (C=O) groups is 1. The number of ketones is 1. The van der Waals surface area contributed by atoms with Crippen LogP contribution in [0, 0.1) is 5.92 Å². The average molecular weight is 228 g/mol. The van der Waals surface area contributed by atoms with Crippen molar-refractivity contribution in [3.05, 3.63) is 0 Å². The first-order chi connectivity index (χ1) is 7.79. The van der Waals surface area contributed by atoms with Gasteiger partial charge in [-0.15, -0.1) is 0 Å². The second kappa shape index (κ2) is 7.80. The molecule has 3 heteroatoms. The minimum Gasteiger partial charge on any atom is -0.385 e. The summed E-state index contributed by atoms with van der Waals surface area (Å²) in [5.41, 5.74) is 0. The molecule has 0 saturated heterocycles. The molecule has 0 bridgehead atoms. The monoisotopic (exact) mass is 228 g/mol. The van der Waals surface area contributed by atoms with Crippen molar-refractivity contribution in [1.82, 2.24) is 0 Å². The van der Waals surface area contributed by atoms with Gasteiger partial charge in [-0.25, -0.2) is 0 Å². The maximum absolute atomic E-state index is 12.0. The Balaban J connectivity index is 2.35. The second-order valence-electron chi connectivity index (χ2n) is 4.62. The Labute approximate surface area is 98.5 Å². The summed E-state index contributed by atoms with van der Waals surface area (Å²) in [7, 11) is 3.33. The SMILES string of the molecule is COCCCC(=O)C(OC)C1CCCCC1. The van der Waals surface area contributed by atoms with Crippen LogP contribution in [0.1, 0.15) is 44.9 Å². The lowest BCUT2D eigenvalue weighted by molar-refractivity contribution is -0.133. The zero-order chi connectivity index (χ0) is 11.8. The Kier molecular flexibility index (Phi) is 6.65. The third kappa shape index (κ3) is 4.22. The molecule has 1 saturated carbocycles. The summed E-state index contributed by atoms with van der Waals surface area (Å²) >= 11 is 0. The zero-order valence-electron chi connectivity index (χ0n) is 10.5. The average Bonchev–Trinajstić information content (AvgIpc) is 2.32. The molecule has 1 rings (SSSR count). The van der Waals surface area contributed by atoms with Gasteiger partial charge < -0.3 is 9.47 Å². The quantitative estimate of drug-likeness (QED) is 0.628. The number of carbonyl (C=O) groups excluding carboxylic acids is 1. The fourth-order valence-corrected chi connectivity index (χ4v) is 2.56. The molecule has 0 amide bonds. The minimum atomic E-state index is -0.169. The van der Waals surface area contributed by atoms with E-state index < -0.39 is 0 Å². The Morgan fingerprint density at radius 1 is 1.25 bits per heavy atom. The molecular formula is C13H24O3. The van der Waals surface area contributed by atoms with E-state index in [4.69, 9.17) is 9.47 Å². The number of Topliss-reactive ketones (excluding diaryl/α,β-unsaturated/α-hetero) is 1. The highest BCUT2D eigenvalue weighted by molar-refractivity contribution is 5.83. The summed E-state index contributed by atoms with van der Waals surface area (Å²) < 4.78 is 10.3. The molecule has 1 fully saturated rings. The Hall–Kier alpha value is -0.410. The maximum atomic E-state index is 12.0. The molecule has 0 aromatic carbocycles. The van der Waals surface area contributed by atoms with Gasteiger partial charge in [0.05, 0.1) is 0 Å².